The Kier molecular flexibility index (Phi) is 4.18. The Morgan fingerprint density at radius 3 is 2.89 bits per heavy atom. The molecule has 0 N–H and O–H groups in total. The first kappa shape index (κ1) is 13.7. The molecule has 1 aromatic carbocycles. The second-order valence-electron chi connectivity index (χ2n) is 4.93. The molecule has 0 radical (unpaired) electrons. The van der Waals surface area contributed by atoms with Crippen molar-refractivity contribution >= 4 is 35.5 Å². The SMILES string of the molecule is Cc1c(Cl)ccc2c1CN1CCCCCC1=N2.Cl. The molecule has 0 spiro atoms. The van der Waals surface area contributed by atoms with Crippen LogP contribution in [0, 0.1) is 6.92 Å². The van der Waals surface area contributed by atoms with Crippen molar-refractivity contribution < 1.29 is 0 Å². The van der Waals surface area contributed by atoms with Gasteiger partial charge in [-0.15, -0.1) is 12.4 Å². The zero-order chi connectivity index (χ0) is 11.8. The third-order valence-electron chi connectivity index (χ3n) is 3.80. The van der Waals surface area contributed by atoms with Crippen LogP contribution in [0.15, 0.2) is 17.1 Å². The summed E-state index contributed by atoms with van der Waals surface area (Å²) in [5, 5.41) is 0.859. The molecule has 2 heterocycles. The van der Waals surface area contributed by atoms with Gasteiger partial charge >= 0.3 is 0 Å². The van der Waals surface area contributed by atoms with E-state index in [1.807, 2.05) is 6.07 Å². The molecule has 1 fully saturated rings. The molecule has 0 aliphatic carbocycles. The van der Waals surface area contributed by atoms with Crippen LogP contribution in [0.5, 0.6) is 0 Å². The van der Waals surface area contributed by atoms with Crippen molar-refractivity contribution in [1.82, 2.24) is 4.90 Å². The number of aliphatic imine (C=N–C) groups is 1. The molecule has 0 aromatic heterocycles. The van der Waals surface area contributed by atoms with Crippen LogP contribution in [0.1, 0.15) is 36.8 Å². The van der Waals surface area contributed by atoms with Crippen molar-refractivity contribution in [1.29, 1.82) is 0 Å². The Balaban J connectivity index is 0.00000120. The second kappa shape index (κ2) is 5.50. The van der Waals surface area contributed by atoms with Crippen LogP contribution < -0.4 is 0 Å². The monoisotopic (exact) mass is 284 g/mol. The Labute approximate surface area is 119 Å². The number of fused-ring (bicyclic) bond motifs is 2. The average molecular weight is 285 g/mol. The highest BCUT2D eigenvalue weighted by atomic mass is 35.5. The van der Waals surface area contributed by atoms with Gasteiger partial charge in [0, 0.05) is 30.1 Å². The molecule has 4 heteroatoms. The summed E-state index contributed by atoms with van der Waals surface area (Å²) in [5.74, 6) is 1.27. The molecule has 1 aromatic rings. The summed E-state index contributed by atoms with van der Waals surface area (Å²) < 4.78 is 0. The van der Waals surface area contributed by atoms with E-state index in [9.17, 15) is 0 Å². The molecular formula is C14H18Cl2N2. The number of nitrogens with zero attached hydrogens (tertiary/aromatic N) is 2. The predicted octanol–water partition coefficient (Wildman–Crippen LogP) is 4.49. The lowest BCUT2D eigenvalue weighted by atomic mass is 10.0. The second-order valence-corrected chi connectivity index (χ2v) is 5.34. The normalized spacial score (nSPS) is 18.1. The maximum atomic E-state index is 6.19. The molecule has 2 aliphatic heterocycles. The first-order valence-electron chi connectivity index (χ1n) is 6.36. The highest BCUT2D eigenvalue weighted by Gasteiger charge is 2.22. The van der Waals surface area contributed by atoms with E-state index in [0.717, 1.165) is 30.2 Å². The van der Waals surface area contributed by atoms with E-state index in [1.165, 1.54) is 36.2 Å². The van der Waals surface area contributed by atoms with Gasteiger partial charge in [0.25, 0.3) is 0 Å². The third-order valence-corrected chi connectivity index (χ3v) is 4.21. The number of halogens is 2. The minimum Gasteiger partial charge on any atom is -0.356 e. The molecule has 0 unspecified atom stereocenters. The Bertz CT molecular complexity index is 483. The van der Waals surface area contributed by atoms with Gasteiger partial charge in [-0.05, 0) is 37.5 Å². The van der Waals surface area contributed by atoms with Gasteiger partial charge in [-0.2, -0.15) is 0 Å². The van der Waals surface area contributed by atoms with E-state index in [4.69, 9.17) is 16.6 Å². The number of benzene rings is 1. The van der Waals surface area contributed by atoms with Gasteiger partial charge in [-0.3, -0.25) is 0 Å². The standard InChI is InChI=1S/C14H17ClN2.ClH/c1-10-11-9-17-8-4-2-3-5-14(17)16-13(11)7-6-12(10)15;/h6-7H,2-5,8-9H2,1H3;1H. The molecule has 0 saturated carbocycles. The van der Waals surface area contributed by atoms with E-state index in [-0.39, 0.29) is 12.4 Å². The summed E-state index contributed by atoms with van der Waals surface area (Å²) in [6, 6.07) is 4.02. The molecule has 2 aliphatic rings. The summed E-state index contributed by atoms with van der Waals surface area (Å²) in [6.45, 7) is 4.23. The number of hydrogen-bond donors (Lipinski definition) is 0. The lowest BCUT2D eigenvalue weighted by Gasteiger charge is -2.30. The fraction of sp³-hybridized carbons (Fsp3) is 0.500. The van der Waals surface area contributed by atoms with Crippen LogP contribution in [-0.4, -0.2) is 17.3 Å². The topological polar surface area (TPSA) is 15.6 Å². The van der Waals surface area contributed by atoms with Crippen LogP contribution in [0.4, 0.5) is 5.69 Å². The van der Waals surface area contributed by atoms with Gasteiger partial charge in [-0.1, -0.05) is 18.0 Å². The van der Waals surface area contributed by atoms with Gasteiger partial charge in [0.1, 0.15) is 5.84 Å². The minimum absolute atomic E-state index is 0. The summed E-state index contributed by atoms with van der Waals surface area (Å²) in [6.07, 6.45) is 5.01. The highest BCUT2D eigenvalue weighted by Crippen LogP contribution is 2.34. The molecule has 98 valence electrons. The molecule has 0 bridgehead atoms. The summed E-state index contributed by atoms with van der Waals surface area (Å²) in [4.78, 5) is 7.24. The molecule has 3 rings (SSSR count). The molecule has 2 nitrogen and oxygen atoms in total. The quantitative estimate of drug-likeness (QED) is 0.685. The maximum Gasteiger partial charge on any atom is 0.105 e. The fourth-order valence-electron chi connectivity index (χ4n) is 2.69. The van der Waals surface area contributed by atoms with Crippen molar-refractivity contribution in [3.63, 3.8) is 0 Å². The third kappa shape index (κ3) is 2.36. The van der Waals surface area contributed by atoms with Crippen LogP contribution in [0.2, 0.25) is 5.02 Å². The molecule has 0 amide bonds. The maximum absolute atomic E-state index is 6.19. The van der Waals surface area contributed by atoms with Crippen molar-refractivity contribution in [3.8, 4) is 0 Å². The van der Waals surface area contributed by atoms with Gasteiger partial charge in [0.05, 0.1) is 5.69 Å². The summed E-state index contributed by atoms with van der Waals surface area (Å²) in [7, 11) is 0. The number of hydrogen-bond acceptors (Lipinski definition) is 2. The predicted molar refractivity (Wildman–Crippen MR) is 79.4 cm³/mol. The fourth-order valence-corrected chi connectivity index (χ4v) is 2.87. The van der Waals surface area contributed by atoms with Gasteiger partial charge in [0.15, 0.2) is 0 Å². The summed E-state index contributed by atoms with van der Waals surface area (Å²) >= 11 is 6.19. The first-order valence-corrected chi connectivity index (χ1v) is 6.74. The molecular weight excluding hydrogens is 267 g/mol. The zero-order valence-corrected chi connectivity index (χ0v) is 12.2. The van der Waals surface area contributed by atoms with E-state index < -0.39 is 0 Å². The van der Waals surface area contributed by atoms with Gasteiger partial charge in [0.2, 0.25) is 0 Å². The Morgan fingerprint density at radius 1 is 1.22 bits per heavy atom. The van der Waals surface area contributed by atoms with Crippen molar-refractivity contribution in [2.75, 3.05) is 6.54 Å². The number of amidine groups is 1. The van der Waals surface area contributed by atoms with Crippen LogP contribution >= 0.6 is 24.0 Å². The van der Waals surface area contributed by atoms with Crippen molar-refractivity contribution in [2.45, 2.75) is 39.2 Å². The van der Waals surface area contributed by atoms with Crippen molar-refractivity contribution in [2.24, 2.45) is 4.99 Å². The van der Waals surface area contributed by atoms with Gasteiger partial charge < -0.3 is 4.90 Å². The largest absolute Gasteiger partial charge is 0.356 e. The van der Waals surface area contributed by atoms with E-state index in [1.54, 1.807) is 0 Å². The van der Waals surface area contributed by atoms with Gasteiger partial charge in [-0.25, -0.2) is 4.99 Å². The molecule has 0 atom stereocenters. The van der Waals surface area contributed by atoms with Crippen LogP contribution in [0.3, 0.4) is 0 Å². The Morgan fingerprint density at radius 2 is 2.06 bits per heavy atom. The van der Waals surface area contributed by atoms with E-state index in [0.29, 0.717) is 0 Å². The average Bonchev–Trinajstić information content (AvgIpc) is 2.57. The summed E-state index contributed by atoms with van der Waals surface area (Å²) in [5.41, 5.74) is 3.62. The number of rotatable bonds is 0. The highest BCUT2D eigenvalue weighted by molar-refractivity contribution is 6.31. The van der Waals surface area contributed by atoms with Crippen LogP contribution in [-0.2, 0) is 6.54 Å². The lowest BCUT2D eigenvalue weighted by Crippen LogP contribution is -2.32. The molecule has 1 saturated heterocycles. The first-order chi connectivity index (χ1) is 8.25. The zero-order valence-electron chi connectivity index (χ0n) is 10.6. The Hall–Kier alpha value is -0.730. The van der Waals surface area contributed by atoms with E-state index >= 15 is 0 Å². The smallest absolute Gasteiger partial charge is 0.105 e. The van der Waals surface area contributed by atoms with Crippen LogP contribution in [0.25, 0.3) is 0 Å². The van der Waals surface area contributed by atoms with Crippen molar-refractivity contribution in [3.05, 3.63) is 28.3 Å². The van der Waals surface area contributed by atoms with E-state index in [2.05, 4.69) is 17.9 Å². The lowest BCUT2D eigenvalue weighted by molar-refractivity contribution is 0.402. The molecule has 18 heavy (non-hydrogen) atoms. The minimum atomic E-state index is 0.